The van der Waals surface area contributed by atoms with Gasteiger partial charge in [-0.2, -0.15) is 0 Å². The minimum absolute atomic E-state index is 0.157. The standard InChI is InChI=1S/C24H21ClN2O2/c1-2-26-23(28)22-21-14-18(25)12-13-20(21)24(29)27(22)15-17-10-6-7-11-19(17)16-8-4-3-5-9-16/h3-14,22H,2,15H2,1H3,(H,26,28). The van der Waals surface area contributed by atoms with Gasteiger partial charge in [0, 0.05) is 23.7 Å². The molecule has 1 heterocycles. The summed E-state index contributed by atoms with van der Waals surface area (Å²) in [4.78, 5) is 27.7. The van der Waals surface area contributed by atoms with Crippen molar-refractivity contribution in [2.24, 2.45) is 0 Å². The number of likely N-dealkylation sites (N-methyl/N-ethyl adjacent to an activating group) is 1. The number of carbonyl (C=O) groups is 2. The molecule has 0 saturated carbocycles. The van der Waals surface area contributed by atoms with Gasteiger partial charge in [-0.1, -0.05) is 66.2 Å². The third-order valence-corrected chi connectivity index (χ3v) is 5.39. The number of hydrogen-bond acceptors (Lipinski definition) is 2. The molecular weight excluding hydrogens is 384 g/mol. The summed E-state index contributed by atoms with van der Waals surface area (Å²) in [5.74, 6) is -0.352. The van der Waals surface area contributed by atoms with Crippen LogP contribution in [0.5, 0.6) is 0 Å². The van der Waals surface area contributed by atoms with Crippen molar-refractivity contribution in [1.29, 1.82) is 0 Å². The van der Waals surface area contributed by atoms with E-state index in [2.05, 4.69) is 5.32 Å². The molecule has 0 aromatic heterocycles. The van der Waals surface area contributed by atoms with E-state index in [1.807, 2.05) is 61.5 Å². The smallest absolute Gasteiger partial charge is 0.255 e. The Kier molecular flexibility index (Phi) is 5.36. The molecule has 1 aliphatic rings. The minimum Gasteiger partial charge on any atom is -0.354 e. The van der Waals surface area contributed by atoms with Crippen LogP contribution in [0.4, 0.5) is 0 Å². The summed E-state index contributed by atoms with van der Waals surface area (Å²) >= 11 is 6.17. The van der Waals surface area contributed by atoms with E-state index >= 15 is 0 Å². The zero-order chi connectivity index (χ0) is 20.4. The predicted octanol–water partition coefficient (Wildman–Crippen LogP) is 4.84. The highest BCUT2D eigenvalue weighted by molar-refractivity contribution is 6.31. The van der Waals surface area contributed by atoms with Gasteiger partial charge in [-0.3, -0.25) is 9.59 Å². The van der Waals surface area contributed by atoms with E-state index in [0.717, 1.165) is 16.7 Å². The summed E-state index contributed by atoms with van der Waals surface area (Å²) in [6, 6.07) is 22.4. The highest BCUT2D eigenvalue weighted by atomic mass is 35.5. The fourth-order valence-electron chi connectivity index (χ4n) is 3.85. The predicted molar refractivity (Wildman–Crippen MR) is 115 cm³/mol. The first-order valence-electron chi connectivity index (χ1n) is 9.61. The van der Waals surface area contributed by atoms with E-state index in [1.165, 1.54) is 0 Å². The van der Waals surface area contributed by atoms with E-state index in [9.17, 15) is 9.59 Å². The van der Waals surface area contributed by atoms with Gasteiger partial charge in [0.05, 0.1) is 0 Å². The highest BCUT2D eigenvalue weighted by Gasteiger charge is 2.41. The second-order valence-corrected chi connectivity index (χ2v) is 7.42. The van der Waals surface area contributed by atoms with Crippen LogP contribution < -0.4 is 5.32 Å². The van der Waals surface area contributed by atoms with E-state index in [1.54, 1.807) is 23.1 Å². The maximum Gasteiger partial charge on any atom is 0.255 e. The number of hydrogen-bond donors (Lipinski definition) is 1. The number of amides is 2. The van der Waals surface area contributed by atoms with Crippen molar-refractivity contribution in [2.45, 2.75) is 19.5 Å². The zero-order valence-corrected chi connectivity index (χ0v) is 16.8. The van der Waals surface area contributed by atoms with Crippen molar-refractivity contribution in [3.05, 3.63) is 94.5 Å². The number of carbonyl (C=O) groups excluding carboxylic acids is 2. The highest BCUT2D eigenvalue weighted by Crippen LogP contribution is 2.37. The first-order valence-corrected chi connectivity index (χ1v) is 9.99. The average molecular weight is 405 g/mol. The van der Waals surface area contributed by atoms with E-state index in [4.69, 9.17) is 11.6 Å². The summed E-state index contributed by atoms with van der Waals surface area (Å²) < 4.78 is 0. The molecule has 1 N–H and O–H groups in total. The lowest BCUT2D eigenvalue weighted by Crippen LogP contribution is -2.38. The molecule has 1 aliphatic heterocycles. The molecule has 0 saturated heterocycles. The number of rotatable bonds is 5. The second-order valence-electron chi connectivity index (χ2n) is 6.98. The van der Waals surface area contributed by atoms with Crippen molar-refractivity contribution < 1.29 is 9.59 Å². The van der Waals surface area contributed by atoms with Crippen LogP contribution in [0.25, 0.3) is 11.1 Å². The largest absolute Gasteiger partial charge is 0.354 e. The first kappa shape index (κ1) is 19.2. The van der Waals surface area contributed by atoms with E-state index in [0.29, 0.717) is 29.2 Å². The molecule has 1 atom stereocenters. The average Bonchev–Trinajstić information content (AvgIpc) is 3.00. The molecule has 0 spiro atoms. The van der Waals surface area contributed by atoms with Crippen molar-refractivity contribution in [3.8, 4) is 11.1 Å². The first-order chi connectivity index (χ1) is 14.1. The van der Waals surface area contributed by atoms with Crippen LogP contribution in [-0.4, -0.2) is 23.3 Å². The quantitative estimate of drug-likeness (QED) is 0.661. The van der Waals surface area contributed by atoms with Crippen LogP contribution in [0.2, 0.25) is 5.02 Å². The van der Waals surface area contributed by atoms with E-state index < -0.39 is 6.04 Å². The van der Waals surface area contributed by atoms with Crippen molar-refractivity contribution in [2.75, 3.05) is 6.54 Å². The van der Waals surface area contributed by atoms with Gasteiger partial charge in [0.25, 0.3) is 5.91 Å². The van der Waals surface area contributed by atoms with Gasteiger partial charge >= 0.3 is 0 Å². The zero-order valence-electron chi connectivity index (χ0n) is 16.1. The molecule has 29 heavy (non-hydrogen) atoms. The fraction of sp³-hybridized carbons (Fsp3) is 0.167. The summed E-state index contributed by atoms with van der Waals surface area (Å²) in [6.45, 7) is 2.69. The maximum atomic E-state index is 13.2. The number of benzene rings is 3. The van der Waals surface area contributed by atoms with Crippen molar-refractivity contribution >= 4 is 23.4 Å². The Morgan fingerprint density at radius 1 is 1.00 bits per heavy atom. The fourth-order valence-corrected chi connectivity index (χ4v) is 4.03. The SMILES string of the molecule is CCNC(=O)C1c2cc(Cl)ccc2C(=O)N1Cc1ccccc1-c1ccccc1. The molecule has 1 unspecified atom stereocenters. The third kappa shape index (κ3) is 3.64. The normalized spacial score (nSPS) is 15.3. The lowest BCUT2D eigenvalue weighted by Gasteiger charge is -2.25. The minimum atomic E-state index is -0.694. The summed E-state index contributed by atoms with van der Waals surface area (Å²) in [6.07, 6.45) is 0. The van der Waals surface area contributed by atoms with Gasteiger partial charge in [-0.05, 0) is 47.4 Å². The Bertz CT molecular complexity index is 1070. The molecule has 2 amide bonds. The van der Waals surface area contributed by atoms with Crippen LogP contribution in [-0.2, 0) is 11.3 Å². The number of nitrogens with one attached hydrogen (secondary N) is 1. The molecule has 146 valence electrons. The van der Waals surface area contributed by atoms with Gasteiger partial charge in [0.15, 0.2) is 0 Å². The molecule has 0 fully saturated rings. The monoisotopic (exact) mass is 404 g/mol. The van der Waals surface area contributed by atoms with Crippen LogP contribution in [0.3, 0.4) is 0 Å². The van der Waals surface area contributed by atoms with Gasteiger partial charge in [0.1, 0.15) is 6.04 Å². The number of fused-ring (bicyclic) bond motifs is 1. The Hall–Kier alpha value is -3.11. The van der Waals surface area contributed by atoms with Crippen LogP contribution >= 0.6 is 11.6 Å². The van der Waals surface area contributed by atoms with Crippen molar-refractivity contribution in [3.63, 3.8) is 0 Å². The Morgan fingerprint density at radius 2 is 1.72 bits per heavy atom. The van der Waals surface area contributed by atoms with Crippen LogP contribution in [0, 0.1) is 0 Å². The Balaban J connectivity index is 1.75. The Morgan fingerprint density at radius 3 is 2.48 bits per heavy atom. The molecule has 0 bridgehead atoms. The third-order valence-electron chi connectivity index (χ3n) is 5.15. The summed E-state index contributed by atoms with van der Waals surface area (Å²) in [5.41, 5.74) is 4.29. The van der Waals surface area contributed by atoms with Gasteiger partial charge in [-0.15, -0.1) is 0 Å². The van der Waals surface area contributed by atoms with Crippen LogP contribution in [0.1, 0.15) is 34.5 Å². The van der Waals surface area contributed by atoms with Gasteiger partial charge < -0.3 is 10.2 Å². The van der Waals surface area contributed by atoms with Gasteiger partial charge in [-0.25, -0.2) is 0 Å². The van der Waals surface area contributed by atoms with Gasteiger partial charge in [0.2, 0.25) is 5.91 Å². The molecular formula is C24H21ClN2O2. The van der Waals surface area contributed by atoms with Crippen molar-refractivity contribution in [1.82, 2.24) is 10.2 Å². The lowest BCUT2D eigenvalue weighted by molar-refractivity contribution is -0.125. The summed E-state index contributed by atoms with van der Waals surface area (Å²) in [5, 5.41) is 3.37. The molecule has 4 nitrogen and oxygen atoms in total. The molecule has 5 heteroatoms. The second kappa shape index (κ2) is 8.10. The molecule has 4 rings (SSSR count). The topological polar surface area (TPSA) is 49.4 Å². The van der Waals surface area contributed by atoms with Crippen LogP contribution in [0.15, 0.2) is 72.8 Å². The lowest BCUT2D eigenvalue weighted by atomic mass is 9.99. The number of halogens is 1. The molecule has 0 radical (unpaired) electrons. The molecule has 3 aromatic carbocycles. The number of nitrogens with zero attached hydrogens (tertiary/aromatic N) is 1. The molecule has 0 aliphatic carbocycles. The summed E-state index contributed by atoms with van der Waals surface area (Å²) in [7, 11) is 0. The maximum absolute atomic E-state index is 13.2. The molecule has 3 aromatic rings. The van der Waals surface area contributed by atoms with E-state index in [-0.39, 0.29) is 11.8 Å². The Labute approximate surface area is 175 Å².